The summed E-state index contributed by atoms with van der Waals surface area (Å²) in [6.07, 6.45) is 6.16. The largest absolute Gasteiger partial charge is 0.497 e. The second-order valence-corrected chi connectivity index (χ2v) is 7.75. The predicted octanol–water partition coefficient (Wildman–Crippen LogP) is 4.40. The summed E-state index contributed by atoms with van der Waals surface area (Å²) in [6.45, 7) is 0. The molecule has 4 heteroatoms. The monoisotopic (exact) mass is 377 g/mol. The minimum Gasteiger partial charge on any atom is -0.497 e. The number of piperidine rings is 1. The number of methoxy groups -OCH3 is 1. The van der Waals surface area contributed by atoms with Gasteiger partial charge in [-0.15, -0.1) is 0 Å². The zero-order valence-corrected chi connectivity index (χ0v) is 16.5. The van der Waals surface area contributed by atoms with Crippen LogP contribution >= 0.6 is 0 Å². The van der Waals surface area contributed by atoms with Gasteiger partial charge in [0.15, 0.2) is 0 Å². The Labute approximate surface area is 166 Å². The van der Waals surface area contributed by atoms with Crippen molar-refractivity contribution in [3.8, 4) is 5.75 Å². The van der Waals surface area contributed by atoms with E-state index in [0.717, 1.165) is 29.7 Å². The van der Waals surface area contributed by atoms with Gasteiger partial charge >= 0.3 is 5.97 Å². The van der Waals surface area contributed by atoms with Crippen molar-refractivity contribution in [2.45, 2.75) is 43.9 Å². The summed E-state index contributed by atoms with van der Waals surface area (Å²) in [5, 5.41) is 0. The number of nitrogens with zero attached hydrogens (tertiary/aromatic N) is 1. The van der Waals surface area contributed by atoms with E-state index in [-0.39, 0.29) is 12.1 Å². The maximum absolute atomic E-state index is 13.2. The normalized spacial score (nSPS) is 24.8. The van der Waals surface area contributed by atoms with Gasteiger partial charge in [0.25, 0.3) is 0 Å². The lowest BCUT2D eigenvalue weighted by Gasteiger charge is -2.35. The second kappa shape index (κ2) is 8.19. The Morgan fingerprint density at radius 1 is 1.04 bits per heavy atom. The lowest BCUT2D eigenvalue weighted by Crippen LogP contribution is -2.43. The molecule has 0 aromatic heterocycles. The zero-order chi connectivity index (χ0) is 19.5. The molecular formula is C24H27NO3. The van der Waals surface area contributed by atoms with Gasteiger partial charge in [0, 0.05) is 24.9 Å². The van der Waals surface area contributed by atoms with Crippen LogP contribution in [0.2, 0.25) is 0 Å². The molecule has 2 bridgehead atoms. The van der Waals surface area contributed by atoms with E-state index in [2.05, 4.69) is 11.9 Å². The number of fused-ring (bicyclic) bond motifs is 2. The van der Waals surface area contributed by atoms with Gasteiger partial charge in [0.2, 0.25) is 0 Å². The van der Waals surface area contributed by atoms with Crippen LogP contribution in [0.1, 0.15) is 36.8 Å². The summed E-state index contributed by atoms with van der Waals surface area (Å²) in [5.74, 6) is 0.465. The molecule has 0 saturated carbocycles. The molecule has 2 aromatic carbocycles. The number of benzene rings is 2. The highest BCUT2D eigenvalue weighted by atomic mass is 16.5. The molecule has 0 amide bonds. The number of hydrogen-bond acceptors (Lipinski definition) is 4. The number of esters is 1. The van der Waals surface area contributed by atoms with E-state index in [1.165, 1.54) is 12.8 Å². The lowest BCUT2D eigenvalue weighted by molar-refractivity contribution is -0.144. The minimum atomic E-state index is -0.258. The fourth-order valence-electron chi connectivity index (χ4n) is 4.44. The summed E-state index contributed by atoms with van der Waals surface area (Å²) in [5.41, 5.74) is 2.35. The second-order valence-electron chi connectivity index (χ2n) is 7.75. The third kappa shape index (κ3) is 3.97. The smallest absolute Gasteiger partial charge is 0.339 e. The van der Waals surface area contributed by atoms with Crippen molar-refractivity contribution in [1.82, 2.24) is 4.90 Å². The maximum Gasteiger partial charge on any atom is 0.339 e. The summed E-state index contributed by atoms with van der Waals surface area (Å²) < 4.78 is 11.4. The molecule has 2 aromatic rings. The first-order valence-corrected chi connectivity index (χ1v) is 9.98. The van der Waals surface area contributed by atoms with Gasteiger partial charge in [-0.2, -0.15) is 0 Å². The highest BCUT2D eigenvalue weighted by Gasteiger charge is 2.40. The number of ether oxygens (including phenoxy) is 2. The van der Waals surface area contributed by atoms with Crippen molar-refractivity contribution < 1.29 is 14.3 Å². The molecule has 3 atom stereocenters. The molecule has 0 aliphatic carbocycles. The minimum absolute atomic E-state index is 0.00835. The number of carbonyl (C=O) groups is 1. The van der Waals surface area contributed by atoms with Crippen molar-refractivity contribution in [3.05, 3.63) is 65.7 Å². The van der Waals surface area contributed by atoms with E-state index in [4.69, 9.17) is 9.47 Å². The third-order valence-corrected chi connectivity index (χ3v) is 6.04. The molecular weight excluding hydrogens is 350 g/mol. The van der Waals surface area contributed by atoms with Gasteiger partial charge in [-0.3, -0.25) is 0 Å². The highest BCUT2D eigenvalue weighted by molar-refractivity contribution is 6.21. The molecule has 146 valence electrons. The molecule has 2 heterocycles. The van der Waals surface area contributed by atoms with E-state index in [1.807, 2.05) is 60.7 Å². The van der Waals surface area contributed by atoms with Gasteiger partial charge in [0.05, 0.1) is 12.7 Å². The Morgan fingerprint density at radius 2 is 1.75 bits per heavy atom. The van der Waals surface area contributed by atoms with Crippen molar-refractivity contribution in [2.24, 2.45) is 0 Å². The van der Waals surface area contributed by atoms with Crippen molar-refractivity contribution in [2.75, 3.05) is 14.2 Å². The summed E-state index contributed by atoms with van der Waals surface area (Å²) in [7, 11) is 3.82. The lowest BCUT2D eigenvalue weighted by atomic mass is 9.99. The summed E-state index contributed by atoms with van der Waals surface area (Å²) in [6, 6.07) is 18.5. The maximum atomic E-state index is 13.2. The van der Waals surface area contributed by atoms with E-state index >= 15 is 0 Å². The van der Waals surface area contributed by atoms with Crippen LogP contribution in [0.15, 0.2) is 54.6 Å². The highest BCUT2D eigenvalue weighted by Crippen LogP contribution is 2.36. The molecule has 0 spiro atoms. The van der Waals surface area contributed by atoms with Crippen LogP contribution in [0.4, 0.5) is 0 Å². The fraction of sp³-hybridized carbons (Fsp3) is 0.375. The summed E-state index contributed by atoms with van der Waals surface area (Å²) >= 11 is 0. The van der Waals surface area contributed by atoms with E-state index < -0.39 is 0 Å². The van der Waals surface area contributed by atoms with Crippen LogP contribution in [0.5, 0.6) is 5.75 Å². The predicted molar refractivity (Wildman–Crippen MR) is 111 cm³/mol. The van der Waals surface area contributed by atoms with Crippen LogP contribution in [-0.2, 0) is 9.53 Å². The fourth-order valence-corrected chi connectivity index (χ4v) is 4.44. The molecule has 2 saturated heterocycles. The molecule has 28 heavy (non-hydrogen) atoms. The van der Waals surface area contributed by atoms with Gasteiger partial charge < -0.3 is 14.4 Å². The number of hydrogen-bond donors (Lipinski definition) is 0. The van der Waals surface area contributed by atoms with Gasteiger partial charge in [-0.25, -0.2) is 4.79 Å². The first-order chi connectivity index (χ1) is 13.6. The average molecular weight is 377 g/mol. The average Bonchev–Trinajstić information content (AvgIpc) is 2.93. The van der Waals surface area contributed by atoms with Crippen LogP contribution in [0.3, 0.4) is 0 Å². The van der Waals surface area contributed by atoms with Crippen LogP contribution in [0, 0.1) is 0 Å². The van der Waals surface area contributed by atoms with Crippen LogP contribution < -0.4 is 4.74 Å². The molecule has 4 rings (SSSR count). The van der Waals surface area contributed by atoms with Gasteiger partial charge in [0.1, 0.15) is 11.9 Å². The van der Waals surface area contributed by atoms with E-state index in [9.17, 15) is 4.79 Å². The molecule has 2 aliphatic rings. The molecule has 1 unspecified atom stereocenters. The Hall–Kier alpha value is -2.59. The van der Waals surface area contributed by atoms with Crippen LogP contribution in [0.25, 0.3) is 11.6 Å². The molecule has 0 N–H and O–H groups in total. The Kier molecular flexibility index (Phi) is 5.49. The van der Waals surface area contributed by atoms with Crippen LogP contribution in [-0.4, -0.2) is 43.2 Å². The zero-order valence-electron chi connectivity index (χ0n) is 16.5. The van der Waals surface area contributed by atoms with Crippen molar-refractivity contribution >= 4 is 17.6 Å². The Morgan fingerprint density at radius 3 is 2.43 bits per heavy atom. The van der Waals surface area contributed by atoms with Gasteiger partial charge in [-0.1, -0.05) is 42.5 Å². The van der Waals surface area contributed by atoms with E-state index in [1.54, 1.807) is 7.11 Å². The van der Waals surface area contributed by atoms with E-state index in [0.29, 0.717) is 17.7 Å². The standard InChI is InChI=1S/C24H27NO3/c1-25-19-11-12-20(25)16-22(15-19)28-24(26)23(13-17-7-4-3-5-8-17)18-9-6-10-21(14-18)27-2/h3-10,13-14,19-20,22H,11-12,15-16H2,1-2H3/b23-13+/t19-,20+,22?. The topological polar surface area (TPSA) is 38.8 Å². The Bertz CT molecular complexity index is 847. The quantitative estimate of drug-likeness (QED) is 0.440. The first kappa shape index (κ1) is 18.8. The molecule has 0 radical (unpaired) electrons. The van der Waals surface area contributed by atoms with Crippen molar-refractivity contribution in [1.29, 1.82) is 0 Å². The number of carbonyl (C=O) groups excluding carboxylic acids is 1. The molecule has 4 nitrogen and oxygen atoms in total. The molecule has 2 aliphatic heterocycles. The Balaban J connectivity index is 1.60. The SMILES string of the molecule is COc1cccc(/C(=C\c2ccccc2)C(=O)OC2C[C@H]3CC[C@@H](C2)N3C)c1. The van der Waals surface area contributed by atoms with Gasteiger partial charge in [-0.05, 0) is 49.2 Å². The number of rotatable bonds is 5. The molecule has 2 fully saturated rings. The third-order valence-electron chi connectivity index (χ3n) is 6.04. The summed E-state index contributed by atoms with van der Waals surface area (Å²) in [4.78, 5) is 15.6. The van der Waals surface area contributed by atoms with Crippen molar-refractivity contribution in [3.63, 3.8) is 0 Å². The first-order valence-electron chi connectivity index (χ1n) is 9.98.